The maximum atomic E-state index is 14.0. The molecule has 4 N–H and O–H groups in total. The Labute approximate surface area is 252 Å². The summed E-state index contributed by atoms with van der Waals surface area (Å²) >= 11 is 0. The Balaban J connectivity index is 1.90. The van der Waals surface area contributed by atoms with Crippen molar-refractivity contribution >= 4 is 41.5 Å². The number of nitrogens with zero attached hydrogens (tertiary/aromatic N) is 3. The van der Waals surface area contributed by atoms with E-state index in [1.165, 1.54) is 36.3 Å². The van der Waals surface area contributed by atoms with Gasteiger partial charge < -0.3 is 40.3 Å². The van der Waals surface area contributed by atoms with E-state index in [9.17, 15) is 33.9 Å². The molecule has 1 aliphatic rings. The molecule has 0 aliphatic carbocycles. The second-order valence-corrected chi connectivity index (χ2v) is 9.70. The number of nitrogens with one attached hydrogen (secondary N) is 1. The number of rotatable bonds is 12. The van der Waals surface area contributed by atoms with Crippen LogP contribution in [-0.4, -0.2) is 102 Å². The topological polar surface area (TPSA) is 207 Å². The van der Waals surface area contributed by atoms with E-state index in [-0.39, 0.29) is 30.9 Å². The highest BCUT2D eigenvalue weighted by Crippen LogP contribution is 2.20. The fraction of sp³-hybridized carbons (Fsp3) is 0.345. The van der Waals surface area contributed by atoms with Gasteiger partial charge in [-0.2, -0.15) is 0 Å². The molecule has 0 unspecified atom stereocenters. The first kappa shape index (κ1) is 33.0. The standard InChI is InChI=1S/C29H33N5O10/c1-17(35)44-32-26(30)19-6-8-20(9-7-19)27(39)31-22(14-18-4-10-21(42-2)11-5-18)28(40)34-13-12-33(16-24(36)37)29(41)23(34)15-25(38)43-3/h4-11,22-23H,12-16H2,1-3H3,(H2,30,32)(H,31,39)(H,36,37)/t22-,23-/m0/s1. The van der Waals surface area contributed by atoms with Crippen LogP contribution in [0.5, 0.6) is 5.75 Å². The molecule has 0 saturated carbocycles. The quantitative estimate of drug-likeness (QED) is 0.0950. The summed E-state index contributed by atoms with van der Waals surface area (Å²) in [6, 6.07) is 10.1. The Morgan fingerprint density at radius 2 is 1.66 bits per heavy atom. The van der Waals surface area contributed by atoms with E-state index in [2.05, 4.69) is 15.3 Å². The second kappa shape index (κ2) is 15.1. The highest BCUT2D eigenvalue weighted by Gasteiger charge is 2.42. The van der Waals surface area contributed by atoms with Crippen molar-refractivity contribution in [3.63, 3.8) is 0 Å². The molecule has 0 radical (unpaired) electrons. The van der Waals surface area contributed by atoms with E-state index in [4.69, 9.17) is 15.2 Å². The number of hydrogen-bond acceptors (Lipinski definition) is 10. The van der Waals surface area contributed by atoms with Crippen LogP contribution >= 0.6 is 0 Å². The number of amidine groups is 1. The smallest absolute Gasteiger partial charge is 0.332 e. The third-order valence-electron chi connectivity index (χ3n) is 6.70. The van der Waals surface area contributed by atoms with Gasteiger partial charge in [0.1, 0.15) is 24.4 Å². The maximum absolute atomic E-state index is 14.0. The third kappa shape index (κ3) is 8.77. The number of esters is 1. The summed E-state index contributed by atoms with van der Waals surface area (Å²) in [6.45, 7) is 0.397. The number of oxime groups is 1. The molecule has 0 bridgehead atoms. The van der Waals surface area contributed by atoms with Crippen LogP contribution < -0.4 is 15.8 Å². The number of methoxy groups -OCH3 is 2. The van der Waals surface area contributed by atoms with Crippen LogP contribution in [0, 0.1) is 0 Å². The van der Waals surface area contributed by atoms with Gasteiger partial charge in [-0.15, -0.1) is 0 Å². The van der Waals surface area contributed by atoms with Crippen molar-refractivity contribution in [2.75, 3.05) is 33.9 Å². The van der Waals surface area contributed by atoms with E-state index in [0.29, 0.717) is 16.9 Å². The van der Waals surface area contributed by atoms with Crippen molar-refractivity contribution < 1.29 is 48.2 Å². The molecule has 44 heavy (non-hydrogen) atoms. The minimum Gasteiger partial charge on any atom is -0.497 e. The molecule has 234 valence electrons. The van der Waals surface area contributed by atoms with Crippen LogP contribution in [-0.2, 0) is 40.0 Å². The van der Waals surface area contributed by atoms with E-state index >= 15 is 0 Å². The monoisotopic (exact) mass is 611 g/mol. The zero-order valence-electron chi connectivity index (χ0n) is 24.3. The van der Waals surface area contributed by atoms with Gasteiger partial charge in [-0.1, -0.05) is 29.4 Å². The summed E-state index contributed by atoms with van der Waals surface area (Å²) in [7, 11) is 2.63. The van der Waals surface area contributed by atoms with Crippen LogP contribution in [0.4, 0.5) is 0 Å². The lowest BCUT2D eigenvalue weighted by Crippen LogP contribution is -2.63. The van der Waals surface area contributed by atoms with Crippen molar-refractivity contribution in [1.82, 2.24) is 15.1 Å². The predicted molar refractivity (Wildman–Crippen MR) is 153 cm³/mol. The SMILES string of the molecule is COC(=O)C[C@H]1C(=O)N(CC(=O)O)CCN1C(=O)[C@H](Cc1ccc(OC)cc1)NC(=O)c1ccc(/C(N)=N/OC(C)=O)cc1. The number of carbonyl (C=O) groups is 6. The van der Waals surface area contributed by atoms with Gasteiger partial charge >= 0.3 is 17.9 Å². The Hall–Kier alpha value is -5.47. The lowest BCUT2D eigenvalue weighted by molar-refractivity contribution is -0.159. The first-order chi connectivity index (χ1) is 20.9. The molecule has 2 atom stereocenters. The fourth-order valence-corrected chi connectivity index (χ4v) is 4.46. The minimum absolute atomic E-state index is 0.0170. The zero-order chi connectivity index (χ0) is 32.4. The predicted octanol–water partition coefficient (Wildman–Crippen LogP) is -0.0932. The Kier molecular flexibility index (Phi) is 11.4. The number of aliphatic carboxylic acids is 1. The van der Waals surface area contributed by atoms with Gasteiger partial charge in [0.25, 0.3) is 5.91 Å². The molecule has 0 spiro atoms. The second-order valence-electron chi connectivity index (χ2n) is 9.70. The van der Waals surface area contributed by atoms with E-state index in [1.54, 1.807) is 24.3 Å². The summed E-state index contributed by atoms with van der Waals surface area (Å²) in [5.74, 6) is -4.19. The molecule has 0 aromatic heterocycles. The molecule has 1 heterocycles. The molecule has 1 aliphatic heterocycles. The first-order valence-corrected chi connectivity index (χ1v) is 13.4. The Morgan fingerprint density at radius 3 is 2.23 bits per heavy atom. The summed E-state index contributed by atoms with van der Waals surface area (Å²) < 4.78 is 9.90. The van der Waals surface area contributed by atoms with Crippen LogP contribution in [0.2, 0.25) is 0 Å². The molecular formula is C29H33N5O10. The largest absolute Gasteiger partial charge is 0.497 e. The number of carbonyl (C=O) groups excluding carboxylic acids is 5. The van der Waals surface area contributed by atoms with Crippen LogP contribution in [0.1, 0.15) is 34.8 Å². The van der Waals surface area contributed by atoms with Crippen molar-refractivity contribution in [2.24, 2.45) is 10.9 Å². The lowest BCUT2D eigenvalue weighted by Gasteiger charge is -2.41. The van der Waals surface area contributed by atoms with Crippen LogP contribution in [0.3, 0.4) is 0 Å². The van der Waals surface area contributed by atoms with Gasteiger partial charge in [0.2, 0.25) is 11.8 Å². The van der Waals surface area contributed by atoms with Gasteiger partial charge in [-0.25, -0.2) is 4.79 Å². The number of ether oxygens (including phenoxy) is 2. The van der Waals surface area contributed by atoms with Crippen molar-refractivity contribution in [1.29, 1.82) is 0 Å². The highest BCUT2D eigenvalue weighted by molar-refractivity contribution is 6.01. The molecule has 3 amide bonds. The van der Waals surface area contributed by atoms with Gasteiger partial charge in [-0.05, 0) is 29.8 Å². The Morgan fingerprint density at radius 1 is 1.02 bits per heavy atom. The molecule has 1 saturated heterocycles. The average Bonchev–Trinajstić information content (AvgIpc) is 3.01. The average molecular weight is 612 g/mol. The molecule has 15 nitrogen and oxygen atoms in total. The molecule has 1 fully saturated rings. The summed E-state index contributed by atoms with van der Waals surface area (Å²) in [5.41, 5.74) is 7.00. The van der Waals surface area contributed by atoms with Gasteiger partial charge in [-0.3, -0.25) is 24.0 Å². The number of piperazine rings is 1. The van der Waals surface area contributed by atoms with Crippen LogP contribution in [0.25, 0.3) is 0 Å². The number of hydrogen-bond donors (Lipinski definition) is 3. The highest BCUT2D eigenvalue weighted by atomic mass is 16.7. The number of benzene rings is 2. The number of amides is 3. The molecule has 15 heteroatoms. The number of carboxylic acids is 1. The van der Waals surface area contributed by atoms with Crippen molar-refractivity contribution in [2.45, 2.75) is 31.8 Å². The molecule has 2 aromatic carbocycles. The van der Waals surface area contributed by atoms with E-state index < -0.39 is 60.7 Å². The molecule has 2 aromatic rings. The molecular weight excluding hydrogens is 578 g/mol. The van der Waals surface area contributed by atoms with Gasteiger partial charge in [0, 0.05) is 37.6 Å². The minimum atomic E-state index is -1.34. The summed E-state index contributed by atoms with van der Waals surface area (Å²) in [4.78, 5) is 81.7. The lowest BCUT2D eigenvalue weighted by atomic mass is 10.0. The normalized spacial score (nSPS) is 15.7. The number of carboxylic acid groups (broad SMARTS) is 1. The van der Waals surface area contributed by atoms with Crippen molar-refractivity contribution in [3.05, 3.63) is 65.2 Å². The third-order valence-corrected chi connectivity index (χ3v) is 6.70. The van der Waals surface area contributed by atoms with Crippen LogP contribution in [0.15, 0.2) is 53.7 Å². The van der Waals surface area contributed by atoms with Gasteiger partial charge in [0.05, 0.1) is 20.6 Å². The van der Waals surface area contributed by atoms with E-state index in [1.807, 2.05) is 0 Å². The zero-order valence-corrected chi connectivity index (χ0v) is 24.3. The first-order valence-electron chi connectivity index (χ1n) is 13.4. The molecule has 3 rings (SSSR count). The number of nitrogens with two attached hydrogens (primary N) is 1. The maximum Gasteiger partial charge on any atom is 0.332 e. The summed E-state index contributed by atoms with van der Waals surface area (Å²) in [5, 5.41) is 15.4. The van der Waals surface area contributed by atoms with Crippen molar-refractivity contribution in [3.8, 4) is 5.75 Å². The fourth-order valence-electron chi connectivity index (χ4n) is 4.46. The Bertz CT molecular complexity index is 1430. The van der Waals surface area contributed by atoms with Gasteiger partial charge in [0.15, 0.2) is 5.84 Å². The van der Waals surface area contributed by atoms with E-state index in [0.717, 1.165) is 18.9 Å². The summed E-state index contributed by atoms with van der Waals surface area (Å²) in [6.07, 6.45) is -0.485.